The molecule has 0 radical (unpaired) electrons. The molecule has 0 unspecified atom stereocenters. The first-order valence-electron chi connectivity index (χ1n) is 6.09. The lowest BCUT2D eigenvalue weighted by molar-refractivity contribution is -0.139. The third-order valence-corrected chi connectivity index (χ3v) is 3.35. The van der Waals surface area contributed by atoms with Crippen LogP contribution in [0.3, 0.4) is 0 Å². The van der Waals surface area contributed by atoms with Gasteiger partial charge >= 0.3 is 5.97 Å². The second-order valence-corrected chi connectivity index (χ2v) is 4.82. The Morgan fingerprint density at radius 3 is 2.67 bits per heavy atom. The Balaban J connectivity index is 2.12. The van der Waals surface area contributed by atoms with Crippen molar-refractivity contribution in [3.8, 4) is 5.69 Å². The minimum Gasteiger partial charge on any atom is -0.465 e. The van der Waals surface area contributed by atoms with Crippen molar-refractivity contribution >= 4 is 23.6 Å². The van der Waals surface area contributed by atoms with Crippen LogP contribution in [0.2, 0.25) is 0 Å². The molecule has 1 heterocycles. The van der Waals surface area contributed by atoms with Crippen LogP contribution >= 0.6 is 11.8 Å². The van der Waals surface area contributed by atoms with Gasteiger partial charge in [-0.1, -0.05) is 11.8 Å². The van der Waals surface area contributed by atoms with Crippen LogP contribution in [0.15, 0.2) is 29.4 Å². The van der Waals surface area contributed by atoms with Crippen LogP contribution in [-0.4, -0.2) is 44.4 Å². The molecule has 21 heavy (non-hydrogen) atoms. The van der Waals surface area contributed by atoms with E-state index in [4.69, 9.17) is 10.5 Å². The van der Waals surface area contributed by atoms with Crippen LogP contribution in [0, 0.1) is 0 Å². The van der Waals surface area contributed by atoms with Crippen LogP contribution in [-0.2, 0) is 9.53 Å². The summed E-state index contributed by atoms with van der Waals surface area (Å²) in [6.45, 7) is 2.08. The first-order chi connectivity index (χ1) is 10.1. The maximum absolute atomic E-state index is 11.3. The molecule has 0 aliphatic carbocycles. The molecule has 1 aromatic heterocycles. The summed E-state index contributed by atoms with van der Waals surface area (Å²) in [5, 5.41) is 11.7. The zero-order valence-electron chi connectivity index (χ0n) is 11.2. The second kappa shape index (κ2) is 6.84. The van der Waals surface area contributed by atoms with Crippen LogP contribution in [0.4, 0.5) is 0 Å². The summed E-state index contributed by atoms with van der Waals surface area (Å²) in [6, 6.07) is 6.51. The maximum Gasteiger partial charge on any atom is 0.316 e. The molecular weight excluding hydrogens is 294 g/mol. The lowest BCUT2D eigenvalue weighted by atomic mass is 10.2. The molecule has 0 saturated heterocycles. The van der Waals surface area contributed by atoms with Gasteiger partial charge in [0.2, 0.25) is 11.1 Å². The average molecular weight is 307 g/mol. The van der Waals surface area contributed by atoms with E-state index in [0.717, 1.165) is 0 Å². The van der Waals surface area contributed by atoms with Crippen molar-refractivity contribution in [1.82, 2.24) is 20.2 Å². The molecule has 8 nitrogen and oxygen atoms in total. The Bertz CT molecular complexity index is 641. The second-order valence-electron chi connectivity index (χ2n) is 3.88. The van der Waals surface area contributed by atoms with Gasteiger partial charge in [-0.3, -0.25) is 9.59 Å². The number of tetrazole rings is 1. The quantitative estimate of drug-likeness (QED) is 0.607. The minimum atomic E-state index is -0.504. The molecule has 0 spiro atoms. The number of rotatable bonds is 6. The number of aromatic nitrogens is 4. The Morgan fingerprint density at radius 2 is 2.05 bits per heavy atom. The Morgan fingerprint density at radius 1 is 1.33 bits per heavy atom. The van der Waals surface area contributed by atoms with Crippen molar-refractivity contribution in [2.45, 2.75) is 12.1 Å². The number of benzene rings is 1. The highest BCUT2D eigenvalue weighted by Gasteiger charge is 2.12. The zero-order chi connectivity index (χ0) is 15.2. The van der Waals surface area contributed by atoms with Gasteiger partial charge in [-0.15, -0.1) is 5.10 Å². The van der Waals surface area contributed by atoms with E-state index >= 15 is 0 Å². The maximum atomic E-state index is 11.3. The number of hydrogen-bond donors (Lipinski definition) is 1. The molecule has 2 rings (SSSR count). The van der Waals surface area contributed by atoms with Crippen LogP contribution in [0.5, 0.6) is 0 Å². The normalized spacial score (nSPS) is 10.3. The SMILES string of the molecule is CCOC(=O)CSc1nnnn1-c1ccc(C(N)=O)cc1. The van der Waals surface area contributed by atoms with Crippen molar-refractivity contribution in [2.24, 2.45) is 5.73 Å². The molecule has 0 atom stereocenters. The van der Waals surface area contributed by atoms with E-state index in [9.17, 15) is 9.59 Å². The Labute approximate surface area is 124 Å². The molecule has 1 aromatic carbocycles. The van der Waals surface area contributed by atoms with E-state index in [1.54, 1.807) is 31.2 Å². The van der Waals surface area contributed by atoms with Gasteiger partial charge in [0.25, 0.3) is 0 Å². The number of hydrogen-bond acceptors (Lipinski definition) is 7. The molecule has 0 fully saturated rings. The first kappa shape index (κ1) is 15.0. The van der Waals surface area contributed by atoms with Crippen molar-refractivity contribution in [2.75, 3.05) is 12.4 Å². The Kier molecular flexibility index (Phi) is 4.88. The first-order valence-corrected chi connectivity index (χ1v) is 7.07. The third kappa shape index (κ3) is 3.78. The number of nitrogens with two attached hydrogens (primary N) is 1. The molecule has 2 N–H and O–H groups in total. The van der Waals surface area contributed by atoms with Crippen LogP contribution in [0.25, 0.3) is 5.69 Å². The van der Waals surface area contributed by atoms with Gasteiger partial charge in [0.1, 0.15) is 0 Å². The summed E-state index contributed by atoms with van der Waals surface area (Å²) >= 11 is 1.17. The van der Waals surface area contributed by atoms with Crippen molar-refractivity contribution in [1.29, 1.82) is 0 Å². The molecule has 0 aliphatic heterocycles. The third-order valence-electron chi connectivity index (χ3n) is 2.46. The number of esters is 1. The lowest BCUT2D eigenvalue weighted by Gasteiger charge is -2.04. The summed E-state index contributed by atoms with van der Waals surface area (Å²) in [6.07, 6.45) is 0. The predicted octanol–water partition coefficient (Wildman–Crippen LogP) is 0.416. The fourth-order valence-electron chi connectivity index (χ4n) is 1.52. The van der Waals surface area contributed by atoms with Gasteiger partial charge in [-0.2, -0.15) is 4.68 Å². The van der Waals surface area contributed by atoms with E-state index in [2.05, 4.69) is 15.5 Å². The fourth-order valence-corrected chi connectivity index (χ4v) is 2.21. The van der Waals surface area contributed by atoms with Gasteiger partial charge in [-0.25, -0.2) is 0 Å². The molecule has 9 heteroatoms. The van der Waals surface area contributed by atoms with E-state index in [1.807, 2.05) is 0 Å². The highest BCUT2D eigenvalue weighted by molar-refractivity contribution is 7.99. The molecule has 2 aromatic rings. The largest absolute Gasteiger partial charge is 0.465 e. The summed E-state index contributed by atoms with van der Waals surface area (Å²) in [4.78, 5) is 22.4. The van der Waals surface area contributed by atoms with Gasteiger partial charge in [0.15, 0.2) is 0 Å². The van der Waals surface area contributed by atoms with Crippen LogP contribution < -0.4 is 5.73 Å². The highest BCUT2D eigenvalue weighted by Crippen LogP contribution is 2.18. The predicted molar refractivity (Wildman–Crippen MR) is 75.0 cm³/mol. The number of thioether (sulfide) groups is 1. The number of nitrogens with zero attached hydrogens (tertiary/aromatic N) is 4. The van der Waals surface area contributed by atoms with Crippen molar-refractivity contribution in [3.63, 3.8) is 0 Å². The summed E-state index contributed by atoms with van der Waals surface area (Å²) in [5.41, 5.74) is 6.24. The van der Waals surface area contributed by atoms with Gasteiger partial charge < -0.3 is 10.5 Å². The fraction of sp³-hybridized carbons (Fsp3) is 0.250. The summed E-state index contributed by atoms with van der Waals surface area (Å²) < 4.78 is 6.31. The lowest BCUT2D eigenvalue weighted by Crippen LogP contribution is -2.11. The topological polar surface area (TPSA) is 113 Å². The van der Waals surface area contributed by atoms with Gasteiger partial charge in [-0.05, 0) is 41.6 Å². The number of carbonyl (C=O) groups excluding carboxylic acids is 2. The summed E-state index contributed by atoms with van der Waals surface area (Å²) in [5.74, 6) is -0.718. The van der Waals surface area contributed by atoms with Crippen molar-refractivity contribution < 1.29 is 14.3 Å². The summed E-state index contributed by atoms with van der Waals surface area (Å²) in [7, 11) is 0. The molecule has 0 aliphatic rings. The highest BCUT2D eigenvalue weighted by atomic mass is 32.2. The minimum absolute atomic E-state index is 0.119. The number of primary amides is 1. The van der Waals surface area contributed by atoms with Crippen molar-refractivity contribution in [3.05, 3.63) is 29.8 Å². The monoisotopic (exact) mass is 307 g/mol. The molecule has 0 bridgehead atoms. The molecular formula is C12H13N5O3S. The van der Waals surface area contributed by atoms with Gasteiger partial charge in [0, 0.05) is 5.56 Å². The van der Waals surface area contributed by atoms with Crippen LogP contribution in [0.1, 0.15) is 17.3 Å². The molecule has 0 saturated carbocycles. The molecule has 1 amide bonds. The Hall–Kier alpha value is -2.42. The number of amides is 1. The van der Waals surface area contributed by atoms with E-state index in [0.29, 0.717) is 23.0 Å². The smallest absolute Gasteiger partial charge is 0.316 e. The van der Waals surface area contributed by atoms with E-state index in [1.165, 1.54) is 16.4 Å². The number of carbonyl (C=O) groups is 2. The average Bonchev–Trinajstić information content (AvgIpc) is 2.94. The van der Waals surface area contributed by atoms with E-state index < -0.39 is 5.91 Å². The number of ether oxygens (including phenoxy) is 1. The molecule has 110 valence electrons. The van der Waals surface area contributed by atoms with E-state index in [-0.39, 0.29) is 11.7 Å². The van der Waals surface area contributed by atoms with Gasteiger partial charge in [0.05, 0.1) is 18.0 Å². The standard InChI is InChI=1S/C12H13N5O3S/c1-2-20-10(18)7-21-12-14-15-16-17(12)9-5-3-8(4-6-9)11(13)19/h3-6H,2,7H2,1H3,(H2,13,19). The zero-order valence-corrected chi connectivity index (χ0v) is 12.0.